The lowest BCUT2D eigenvalue weighted by Gasteiger charge is -2.05. The third-order valence-electron chi connectivity index (χ3n) is 2.58. The minimum absolute atomic E-state index is 0.0513. The van der Waals surface area contributed by atoms with E-state index in [4.69, 9.17) is 5.26 Å². The van der Waals surface area contributed by atoms with Crippen molar-refractivity contribution in [1.82, 2.24) is 9.78 Å². The summed E-state index contributed by atoms with van der Waals surface area (Å²) in [5.41, 5.74) is 0.506. The van der Waals surface area contributed by atoms with Crippen molar-refractivity contribution in [2.75, 3.05) is 5.32 Å². The Morgan fingerprint density at radius 2 is 2.06 bits per heavy atom. The molecule has 0 aliphatic carbocycles. The number of aryl methyl sites for hydroxylation is 2. The topological polar surface area (TPSA) is 53.6 Å². The first-order chi connectivity index (χ1) is 8.52. The fourth-order valence-corrected chi connectivity index (χ4v) is 1.49. The molecule has 0 saturated heterocycles. The SMILES string of the molecule is Cc1cc(Nc2ccc(C#N)c(F)c2F)nn1C. The van der Waals surface area contributed by atoms with Crippen LogP contribution in [0.15, 0.2) is 18.2 Å². The van der Waals surface area contributed by atoms with Crippen LogP contribution in [0.3, 0.4) is 0 Å². The summed E-state index contributed by atoms with van der Waals surface area (Å²) >= 11 is 0. The molecule has 0 radical (unpaired) electrons. The van der Waals surface area contributed by atoms with E-state index < -0.39 is 11.6 Å². The van der Waals surface area contributed by atoms with Gasteiger partial charge < -0.3 is 5.32 Å². The van der Waals surface area contributed by atoms with Crippen LogP contribution in [-0.2, 0) is 7.05 Å². The summed E-state index contributed by atoms with van der Waals surface area (Å²) in [6.45, 7) is 1.84. The quantitative estimate of drug-likeness (QED) is 0.888. The fraction of sp³-hybridized carbons (Fsp3) is 0.167. The van der Waals surface area contributed by atoms with E-state index in [1.165, 1.54) is 12.1 Å². The highest BCUT2D eigenvalue weighted by atomic mass is 19.2. The molecule has 2 rings (SSSR count). The van der Waals surface area contributed by atoms with Crippen LogP contribution in [0.1, 0.15) is 11.3 Å². The van der Waals surface area contributed by atoms with Crippen molar-refractivity contribution < 1.29 is 8.78 Å². The summed E-state index contributed by atoms with van der Waals surface area (Å²) in [5.74, 6) is -1.83. The van der Waals surface area contributed by atoms with E-state index >= 15 is 0 Å². The number of nitrogens with zero attached hydrogens (tertiary/aromatic N) is 3. The highest BCUT2D eigenvalue weighted by molar-refractivity contribution is 5.58. The Kier molecular flexibility index (Phi) is 2.98. The molecule has 0 aliphatic rings. The van der Waals surface area contributed by atoms with Crippen molar-refractivity contribution >= 4 is 11.5 Å². The van der Waals surface area contributed by atoms with E-state index in [2.05, 4.69) is 10.4 Å². The number of halogens is 2. The largest absolute Gasteiger partial charge is 0.336 e. The molecule has 1 aromatic carbocycles. The second-order valence-electron chi connectivity index (χ2n) is 3.82. The van der Waals surface area contributed by atoms with Gasteiger partial charge in [0.1, 0.15) is 6.07 Å². The fourth-order valence-electron chi connectivity index (χ4n) is 1.49. The Morgan fingerprint density at radius 3 is 2.61 bits per heavy atom. The molecule has 1 heterocycles. The normalized spacial score (nSPS) is 10.2. The van der Waals surface area contributed by atoms with Crippen LogP contribution in [-0.4, -0.2) is 9.78 Å². The van der Waals surface area contributed by atoms with Gasteiger partial charge in [-0.25, -0.2) is 8.78 Å². The van der Waals surface area contributed by atoms with Crippen molar-refractivity contribution in [2.45, 2.75) is 6.92 Å². The lowest BCUT2D eigenvalue weighted by Crippen LogP contribution is -2.00. The van der Waals surface area contributed by atoms with E-state index in [-0.39, 0.29) is 11.3 Å². The summed E-state index contributed by atoms with van der Waals surface area (Å²) in [5, 5.41) is 15.3. The Balaban J connectivity index is 2.36. The molecule has 18 heavy (non-hydrogen) atoms. The van der Waals surface area contributed by atoms with Gasteiger partial charge in [0.15, 0.2) is 17.5 Å². The molecule has 1 aromatic heterocycles. The van der Waals surface area contributed by atoms with E-state index in [1.807, 2.05) is 6.92 Å². The van der Waals surface area contributed by atoms with Crippen LogP contribution < -0.4 is 5.32 Å². The first-order valence-electron chi connectivity index (χ1n) is 5.18. The number of hydrogen-bond donors (Lipinski definition) is 1. The molecule has 1 N–H and O–H groups in total. The summed E-state index contributed by atoms with van der Waals surface area (Å²) in [7, 11) is 1.75. The second-order valence-corrected chi connectivity index (χ2v) is 3.82. The lowest BCUT2D eigenvalue weighted by atomic mass is 10.2. The van der Waals surface area contributed by atoms with Crippen LogP contribution in [0.2, 0.25) is 0 Å². The van der Waals surface area contributed by atoms with E-state index in [0.717, 1.165) is 5.69 Å². The van der Waals surface area contributed by atoms with Crippen molar-refractivity contribution in [3.8, 4) is 6.07 Å². The average molecular weight is 248 g/mol. The Bertz CT molecular complexity index is 621. The maximum absolute atomic E-state index is 13.6. The molecule has 6 heteroatoms. The number of benzene rings is 1. The van der Waals surface area contributed by atoms with Gasteiger partial charge in [-0.15, -0.1) is 0 Å². The zero-order valence-electron chi connectivity index (χ0n) is 9.83. The van der Waals surface area contributed by atoms with Crippen LogP contribution in [0, 0.1) is 29.9 Å². The summed E-state index contributed by atoms with van der Waals surface area (Å²) in [4.78, 5) is 0. The molecule has 0 unspecified atom stereocenters. The van der Waals surface area contributed by atoms with Gasteiger partial charge in [-0.3, -0.25) is 4.68 Å². The van der Waals surface area contributed by atoms with Crippen LogP contribution in [0.25, 0.3) is 0 Å². The second kappa shape index (κ2) is 4.45. The van der Waals surface area contributed by atoms with E-state index in [1.54, 1.807) is 23.9 Å². The van der Waals surface area contributed by atoms with Crippen molar-refractivity contribution in [1.29, 1.82) is 5.26 Å². The predicted octanol–water partition coefficient (Wildman–Crippen LogP) is 2.62. The Labute approximate surface area is 102 Å². The van der Waals surface area contributed by atoms with Crippen LogP contribution in [0.4, 0.5) is 20.3 Å². The molecule has 0 amide bonds. The van der Waals surface area contributed by atoms with Crippen molar-refractivity contribution in [3.63, 3.8) is 0 Å². The molecule has 92 valence electrons. The van der Waals surface area contributed by atoms with E-state index in [9.17, 15) is 8.78 Å². The van der Waals surface area contributed by atoms with Gasteiger partial charge in [-0.2, -0.15) is 10.4 Å². The zero-order chi connectivity index (χ0) is 13.3. The molecule has 0 aliphatic heterocycles. The number of nitrogens with one attached hydrogen (secondary N) is 1. The standard InChI is InChI=1S/C12H10F2N4/c1-7-5-10(17-18(7)2)16-9-4-3-8(6-15)11(13)12(9)14/h3-5H,1-2H3,(H,16,17). The van der Waals surface area contributed by atoms with Crippen LogP contribution in [0.5, 0.6) is 0 Å². The van der Waals surface area contributed by atoms with Gasteiger partial charge in [-0.1, -0.05) is 0 Å². The monoisotopic (exact) mass is 248 g/mol. The summed E-state index contributed by atoms with van der Waals surface area (Å²) in [6, 6.07) is 5.81. The number of nitriles is 1. The lowest BCUT2D eigenvalue weighted by molar-refractivity contribution is 0.509. The molecule has 0 fully saturated rings. The predicted molar refractivity (Wildman–Crippen MR) is 62.3 cm³/mol. The van der Waals surface area contributed by atoms with Gasteiger partial charge in [0, 0.05) is 18.8 Å². The minimum atomic E-state index is -1.16. The third kappa shape index (κ3) is 2.02. The van der Waals surface area contributed by atoms with Crippen molar-refractivity contribution in [3.05, 3.63) is 41.1 Å². The molecule has 2 aromatic rings. The third-order valence-corrected chi connectivity index (χ3v) is 2.58. The highest BCUT2D eigenvalue weighted by Crippen LogP contribution is 2.23. The Hall–Kier alpha value is -2.42. The molecular weight excluding hydrogens is 238 g/mol. The molecule has 0 atom stereocenters. The van der Waals surface area contributed by atoms with Gasteiger partial charge >= 0.3 is 0 Å². The maximum atomic E-state index is 13.6. The van der Waals surface area contributed by atoms with Crippen LogP contribution >= 0.6 is 0 Å². The van der Waals surface area contributed by atoms with Gasteiger partial charge in [0.25, 0.3) is 0 Å². The van der Waals surface area contributed by atoms with E-state index in [0.29, 0.717) is 5.82 Å². The molecular formula is C12H10F2N4. The summed E-state index contributed by atoms with van der Waals surface area (Å²) < 4.78 is 28.6. The Morgan fingerprint density at radius 1 is 1.33 bits per heavy atom. The van der Waals surface area contributed by atoms with Gasteiger partial charge in [-0.05, 0) is 19.1 Å². The molecule has 4 nitrogen and oxygen atoms in total. The first kappa shape index (κ1) is 12.0. The molecule has 0 saturated carbocycles. The number of aromatic nitrogens is 2. The average Bonchev–Trinajstić information content (AvgIpc) is 2.65. The number of anilines is 2. The number of hydrogen-bond acceptors (Lipinski definition) is 3. The number of rotatable bonds is 2. The van der Waals surface area contributed by atoms with Crippen molar-refractivity contribution in [2.24, 2.45) is 7.05 Å². The minimum Gasteiger partial charge on any atom is -0.336 e. The maximum Gasteiger partial charge on any atom is 0.183 e. The van der Waals surface area contributed by atoms with Gasteiger partial charge in [0.05, 0.1) is 11.3 Å². The highest BCUT2D eigenvalue weighted by Gasteiger charge is 2.14. The van der Waals surface area contributed by atoms with Gasteiger partial charge in [0.2, 0.25) is 0 Å². The molecule has 0 spiro atoms. The first-order valence-corrected chi connectivity index (χ1v) is 5.18. The summed E-state index contributed by atoms with van der Waals surface area (Å²) in [6.07, 6.45) is 0. The smallest absolute Gasteiger partial charge is 0.183 e. The zero-order valence-corrected chi connectivity index (χ0v) is 9.83. The molecule has 0 bridgehead atoms.